The molecule has 2 N–H and O–H groups in total. The minimum Gasteiger partial charge on any atom is -0.494 e. The van der Waals surface area contributed by atoms with Crippen molar-refractivity contribution < 1.29 is 32.6 Å². The molecule has 1 saturated heterocycles. The summed E-state index contributed by atoms with van der Waals surface area (Å²) in [5.41, 5.74) is 0.380. The summed E-state index contributed by atoms with van der Waals surface area (Å²) >= 11 is 0. The molecule has 0 unspecified atom stereocenters. The van der Waals surface area contributed by atoms with Gasteiger partial charge in [0.25, 0.3) is 0 Å². The number of rotatable bonds is 4. The largest absolute Gasteiger partial charge is 0.494 e. The minimum absolute atomic E-state index is 0.380. The van der Waals surface area contributed by atoms with Crippen molar-refractivity contribution in [3.05, 3.63) is 24.3 Å². The Morgan fingerprint density at radius 3 is 2.38 bits per heavy atom. The third kappa shape index (κ3) is 4.09. The molecule has 9 heteroatoms. The molecule has 0 saturated carbocycles. The Balaban J connectivity index is 2.03. The molecule has 0 bridgehead atoms. The van der Waals surface area contributed by atoms with E-state index in [1.165, 1.54) is 0 Å². The van der Waals surface area contributed by atoms with E-state index in [0.717, 1.165) is 4.90 Å². The molecule has 1 aromatic carbocycles. The van der Waals surface area contributed by atoms with Crippen molar-refractivity contribution in [2.45, 2.75) is 13.1 Å². The summed E-state index contributed by atoms with van der Waals surface area (Å²) in [7, 11) is 0. The van der Waals surface area contributed by atoms with Crippen LogP contribution in [0.4, 0.5) is 23.7 Å². The van der Waals surface area contributed by atoms with Crippen molar-refractivity contribution in [2.75, 3.05) is 25.0 Å². The second-order valence-corrected chi connectivity index (χ2v) is 5.39. The summed E-state index contributed by atoms with van der Waals surface area (Å²) in [4.78, 5) is 24.0. The van der Waals surface area contributed by atoms with Gasteiger partial charge >= 0.3 is 18.2 Å². The maximum Gasteiger partial charge on any atom is 0.394 e. The number of carbonyl (C=O) groups excluding carboxylic acids is 1. The van der Waals surface area contributed by atoms with Gasteiger partial charge in [0.2, 0.25) is 0 Å². The van der Waals surface area contributed by atoms with Crippen LogP contribution in [0.2, 0.25) is 0 Å². The van der Waals surface area contributed by atoms with Gasteiger partial charge in [0.1, 0.15) is 5.75 Å². The topological polar surface area (TPSA) is 78.9 Å². The van der Waals surface area contributed by atoms with E-state index < -0.39 is 43.1 Å². The summed E-state index contributed by atoms with van der Waals surface area (Å²) in [5.74, 6) is -4.69. The third-order valence-electron chi connectivity index (χ3n) is 3.76. The van der Waals surface area contributed by atoms with E-state index in [-0.39, 0.29) is 0 Å². The number of carboxylic acid groups (broad SMARTS) is 1. The van der Waals surface area contributed by atoms with Crippen LogP contribution in [-0.2, 0) is 4.79 Å². The summed E-state index contributed by atoms with van der Waals surface area (Å²) in [6.45, 7) is 1.14. The number of hydrogen-bond acceptors (Lipinski definition) is 3. The Morgan fingerprint density at radius 2 is 1.92 bits per heavy atom. The van der Waals surface area contributed by atoms with Crippen molar-refractivity contribution >= 4 is 17.7 Å². The molecule has 2 rings (SSSR count). The van der Waals surface area contributed by atoms with Crippen molar-refractivity contribution in [1.82, 2.24) is 4.90 Å². The normalized spacial score (nSPS) is 20.8. The van der Waals surface area contributed by atoms with Gasteiger partial charge in [0.05, 0.1) is 18.4 Å². The van der Waals surface area contributed by atoms with Crippen LogP contribution in [0.25, 0.3) is 0 Å². The number of benzene rings is 1. The molecule has 1 aliphatic heterocycles. The van der Waals surface area contributed by atoms with Gasteiger partial charge in [0, 0.05) is 18.8 Å². The Hall–Kier alpha value is -2.45. The quantitative estimate of drug-likeness (QED) is 0.879. The number of carboxylic acids is 1. The van der Waals surface area contributed by atoms with Crippen molar-refractivity contribution in [3.63, 3.8) is 0 Å². The zero-order chi connectivity index (χ0) is 17.9. The van der Waals surface area contributed by atoms with Crippen LogP contribution in [0.1, 0.15) is 6.92 Å². The number of aliphatic carboxylic acids is 1. The van der Waals surface area contributed by atoms with Crippen LogP contribution in [0, 0.1) is 11.8 Å². The Morgan fingerprint density at radius 1 is 1.29 bits per heavy atom. The van der Waals surface area contributed by atoms with Gasteiger partial charge in [-0.2, -0.15) is 13.2 Å². The van der Waals surface area contributed by atoms with Crippen LogP contribution >= 0.6 is 0 Å². The molecule has 2 amide bonds. The van der Waals surface area contributed by atoms with E-state index >= 15 is 0 Å². The summed E-state index contributed by atoms with van der Waals surface area (Å²) in [5, 5.41) is 11.4. The third-order valence-corrected chi connectivity index (χ3v) is 3.76. The maximum atomic E-state index is 12.9. The van der Waals surface area contributed by atoms with E-state index in [0.29, 0.717) is 18.0 Å². The zero-order valence-electron chi connectivity index (χ0n) is 12.8. The first-order valence-corrected chi connectivity index (χ1v) is 7.30. The number of halogens is 3. The summed E-state index contributed by atoms with van der Waals surface area (Å²) < 4.78 is 44.0. The second kappa shape index (κ2) is 6.98. The molecule has 0 aliphatic carbocycles. The van der Waals surface area contributed by atoms with Gasteiger partial charge in [-0.1, -0.05) is 0 Å². The van der Waals surface area contributed by atoms with Gasteiger partial charge in [-0.15, -0.1) is 0 Å². The highest BCUT2D eigenvalue weighted by atomic mass is 19.4. The van der Waals surface area contributed by atoms with Gasteiger partial charge in [-0.3, -0.25) is 4.79 Å². The number of anilines is 1. The molecule has 132 valence electrons. The van der Waals surface area contributed by atoms with Crippen LogP contribution < -0.4 is 10.1 Å². The number of urea groups is 1. The average molecular weight is 346 g/mol. The maximum absolute atomic E-state index is 12.9. The summed E-state index contributed by atoms with van der Waals surface area (Å²) in [6, 6.07) is 5.56. The Kier molecular flexibility index (Phi) is 5.20. The molecular weight excluding hydrogens is 329 g/mol. The minimum atomic E-state index is -4.67. The number of likely N-dealkylation sites (tertiary alicyclic amines) is 1. The van der Waals surface area contributed by atoms with Gasteiger partial charge in [0.15, 0.2) is 0 Å². The number of hydrogen-bond donors (Lipinski definition) is 2. The van der Waals surface area contributed by atoms with Gasteiger partial charge in [-0.25, -0.2) is 4.79 Å². The van der Waals surface area contributed by atoms with Crippen molar-refractivity contribution in [1.29, 1.82) is 0 Å². The highest BCUT2D eigenvalue weighted by Crippen LogP contribution is 2.37. The lowest BCUT2D eigenvalue weighted by Crippen LogP contribution is -2.35. The number of carbonyl (C=O) groups is 2. The van der Waals surface area contributed by atoms with Crippen LogP contribution in [0.3, 0.4) is 0 Å². The van der Waals surface area contributed by atoms with Crippen molar-refractivity contribution in [2.24, 2.45) is 11.8 Å². The molecule has 1 aromatic rings. The van der Waals surface area contributed by atoms with E-state index in [4.69, 9.17) is 9.84 Å². The molecule has 2 atom stereocenters. The zero-order valence-corrected chi connectivity index (χ0v) is 12.8. The number of ether oxygens (including phenoxy) is 1. The first kappa shape index (κ1) is 17.9. The van der Waals surface area contributed by atoms with Crippen LogP contribution in [0.15, 0.2) is 24.3 Å². The van der Waals surface area contributed by atoms with E-state index in [1.807, 2.05) is 6.92 Å². The molecule has 1 aliphatic rings. The molecule has 0 radical (unpaired) electrons. The van der Waals surface area contributed by atoms with E-state index in [9.17, 15) is 22.8 Å². The number of nitrogens with one attached hydrogen (secondary N) is 1. The molecule has 1 fully saturated rings. The monoisotopic (exact) mass is 346 g/mol. The Bertz CT molecular complexity index is 604. The Labute approximate surface area is 136 Å². The van der Waals surface area contributed by atoms with E-state index in [1.54, 1.807) is 24.3 Å². The molecule has 0 aromatic heterocycles. The lowest BCUT2D eigenvalue weighted by molar-refractivity contribution is -0.187. The molecule has 0 spiro atoms. The molecular formula is C15H17F3N2O4. The van der Waals surface area contributed by atoms with Crippen molar-refractivity contribution in [3.8, 4) is 5.75 Å². The van der Waals surface area contributed by atoms with E-state index in [2.05, 4.69) is 5.32 Å². The standard InChI is InChI=1S/C15H17F3N2O4/c1-2-24-10-5-3-9(4-6-10)19-14(23)20-7-11(13(21)22)12(8-20)15(16,17)18/h3-6,11-12H,2,7-8H2,1H3,(H,19,23)(H,21,22)/t11-,12-/m1/s1. The molecule has 1 heterocycles. The first-order chi connectivity index (χ1) is 11.2. The fourth-order valence-electron chi connectivity index (χ4n) is 2.56. The SMILES string of the molecule is CCOc1ccc(NC(=O)N2C[C@@H](C(F)(F)F)[C@H](C(=O)O)C2)cc1. The predicted octanol–water partition coefficient (Wildman–Crippen LogP) is 2.81. The van der Waals surface area contributed by atoms with Gasteiger partial charge in [-0.05, 0) is 31.2 Å². The number of nitrogens with zero attached hydrogens (tertiary/aromatic N) is 1. The fraction of sp³-hybridized carbons (Fsp3) is 0.467. The smallest absolute Gasteiger partial charge is 0.394 e. The molecule has 6 nitrogen and oxygen atoms in total. The van der Waals surface area contributed by atoms with Crippen LogP contribution in [0.5, 0.6) is 5.75 Å². The predicted molar refractivity (Wildman–Crippen MR) is 78.9 cm³/mol. The average Bonchev–Trinajstić information content (AvgIpc) is 2.95. The first-order valence-electron chi connectivity index (χ1n) is 7.30. The highest BCUT2D eigenvalue weighted by Gasteiger charge is 2.53. The second-order valence-electron chi connectivity index (χ2n) is 5.39. The lowest BCUT2D eigenvalue weighted by atomic mass is 9.96. The summed E-state index contributed by atoms with van der Waals surface area (Å²) in [6.07, 6.45) is -4.67. The lowest BCUT2D eigenvalue weighted by Gasteiger charge is -2.18. The fourth-order valence-corrected chi connectivity index (χ4v) is 2.56. The molecule has 24 heavy (non-hydrogen) atoms. The number of amides is 2. The number of alkyl halides is 3. The highest BCUT2D eigenvalue weighted by molar-refractivity contribution is 5.90. The van der Waals surface area contributed by atoms with Gasteiger partial charge < -0.3 is 20.1 Å². The van der Waals surface area contributed by atoms with Crippen LogP contribution in [-0.4, -0.2) is 47.9 Å².